The summed E-state index contributed by atoms with van der Waals surface area (Å²) in [6.07, 6.45) is 3.09. The summed E-state index contributed by atoms with van der Waals surface area (Å²) in [4.78, 5) is 25.5. The van der Waals surface area contributed by atoms with E-state index in [0.29, 0.717) is 6.54 Å². The van der Waals surface area contributed by atoms with Crippen LogP contribution in [0.15, 0.2) is 0 Å². The second kappa shape index (κ2) is 7.36. The minimum atomic E-state index is -0.106. The van der Waals surface area contributed by atoms with Crippen LogP contribution in [0, 0.1) is 0 Å². The third-order valence-corrected chi connectivity index (χ3v) is 3.09. The van der Waals surface area contributed by atoms with Gasteiger partial charge in [-0.3, -0.25) is 9.59 Å². The van der Waals surface area contributed by atoms with Crippen LogP contribution < -0.4 is 10.6 Å². The Bertz CT molecular complexity index is 286. The Balaban J connectivity index is 2.48. The molecule has 0 unspecified atom stereocenters. The fourth-order valence-corrected chi connectivity index (χ4v) is 2.17. The lowest BCUT2D eigenvalue weighted by Crippen LogP contribution is -2.51. The number of hydrogen-bond donors (Lipinski definition) is 2. The third-order valence-electron chi connectivity index (χ3n) is 3.09. The van der Waals surface area contributed by atoms with Gasteiger partial charge >= 0.3 is 0 Å². The lowest BCUT2D eigenvalue weighted by atomic mass is 10.0. The van der Waals surface area contributed by atoms with Crippen LogP contribution >= 0.6 is 0 Å². The highest BCUT2D eigenvalue weighted by Gasteiger charge is 2.25. The summed E-state index contributed by atoms with van der Waals surface area (Å²) < 4.78 is 0. The first-order chi connectivity index (χ1) is 8.54. The van der Waals surface area contributed by atoms with Crippen molar-refractivity contribution in [3.8, 4) is 0 Å². The molecule has 0 radical (unpaired) electrons. The van der Waals surface area contributed by atoms with Gasteiger partial charge in [0.25, 0.3) is 0 Å². The highest BCUT2D eigenvalue weighted by atomic mass is 16.2. The molecule has 2 amide bonds. The molecule has 5 nitrogen and oxygen atoms in total. The van der Waals surface area contributed by atoms with Crippen LogP contribution in [0.25, 0.3) is 0 Å². The molecule has 0 aromatic rings. The summed E-state index contributed by atoms with van der Waals surface area (Å²) in [5.74, 6) is -0.0351. The molecule has 2 N–H and O–H groups in total. The largest absolute Gasteiger partial charge is 0.352 e. The molecule has 5 heteroatoms. The van der Waals surface area contributed by atoms with Crippen LogP contribution in [0.4, 0.5) is 0 Å². The van der Waals surface area contributed by atoms with Gasteiger partial charge in [0.1, 0.15) is 0 Å². The fourth-order valence-electron chi connectivity index (χ4n) is 2.17. The van der Waals surface area contributed by atoms with Crippen molar-refractivity contribution in [1.29, 1.82) is 0 Å². The zero-order valence-electron chi connectivity index (χ0n) is 11.7. The van der Waals surface area contributed by atoms with E-state index < -0.39 is 0 Å². The number of nitrogens with one attached hydrogen (secondary N) is 2. The Morgan fingerprint density at radius 2 is 2.11 bits per heavy atom. The molecule has 1 rings (SSSR count). The van der Waals surface area contributed by atoms with Crippen LogP contribution in [-0.2, 0) is 9.59 Å². The minimum absolute atomic E-state index is 0.0520. The molecule has 1 atom stereocenters. The van der Waals surface area contributed by atoms with E-state index in [9.17, 15) is 9.59 Å². The molecule has 18 heavy (non-hydrogen) atoms. The van der Waals surface area contributed by atoms with Crippen molar-refractivity contribution < 1.29 is 9.59 Å². The Hall–Kier alpha value is -1.10. The first-order valence-electron chi connectivity index (χ1n) is 6.86. The molecule has 1 aliphatic heterocycles. The van der Waals surface area contributed by atoms with Gasteiger partial charge in [0.05, 0.1) is 12.6 Å². The quantitative estimate of drug-likeness (QED) is 0.752. The van der Waals surface area contributed by atoms with Crippen LogP contribution in [0.2, 0.25) is 0 Å². The van der Waals surface area contributed by atoms with Crippen molar-refractivity contribution in [2.75, 3.05) is 19.6 Å². The molecule has 0 aliphatic carbocycles. The van der Waals surface area contributed by atoms with Gasteiger partial charge in [-0.1, -0.05) is 6.42 Å². The van der Waals surface area contributed by atoms with Crippen LogP contribution in [0.5, 0.6) is 0 Å². The zero-order chi connectivity index (χ0) is 13.5. The summed E-state index contributed by atoms with van der Waals surface area (Å²) in [6, 6.07) is 0.00432. The highest BCUT2D eigenvalue weighted by molar-refractivity contribution is 5.87. The predicted molar refractivity (Wildman–Crippen MR) is 71.2 cm³/mol. The summed E-state index contributed by atoms with van der Waals surface area (Å²) in [7, 11) is 0. The number of carbonyl (C=O) groups excluding carboxylic acids is 2. The molecule has 0 bridgehead atoms. The van der Waals surface area contributed by atoms with Crippen molar-refractivity contribution in [1.82, 2.24) is 15.5 Å². The molecule has 1 fully saturated rings. The zero-order valence-corrected chi connectivity index (χ0v) is 11.7. The van der Waals surface area contributed by atoms with E-state index in [1.165, 1.54) is 0 Å². The average Bonchev–Trinajstić information content (AvgIpc) is 2.35. The van der Waals surface area contributed by atoms with Gasteiger partial charge in [-0.05, 0) is 40.2 Å². The predicted octanol–water partition coefficient (Wildman–Crippen LogP) is 0.502. The molecular weight excluding hydrogens is 230 g/mol. The second-order valence-corrected chi connectivity index (χ2v) is 5.08. The molecular formula is C13H25N3O2. The molecule has 0 aromatic heterocycles. The molecule has 0 spiro atoms. The fraction of sp³-hybridized carbons (Fsp3) is 0.846. The standard InChI is InChI=1S/C13H25N3O2/c1-4-16(9-12(17)15-10(2)3)13(18)11-7-5-6-8-14-11/h10-11,14H,4-9H2,1-3H3,(H,15,17)/t11-/m0/s1. The Labute approximate surface area is 109 Å². The number of piperidine rings is 1. The first kappa shape index (κ1) is 15.0. The Morgan fingerprint density at radius 3 is 2.61 bits per heavy atom. The smallest absolute Gasteiger partial charge is 0.240 e. The molecule has 1 heterocycles. The van der Waals surface area contributed by atoms with Gasteiger partial charge < -0.3 is 15.5 Å². The van der Waals surface area contributed by atoms with Gasteiger partial charge in [-0.2, -0.15) is 0 Å². The van der Waals surface area contributed by atoms with Gasteiger partial charge in [-0.15, -0.1) is 0 Å². The van der Waals surface area contributed by atoms with E-state index in [2.05, 4.69) is 10.6 Å². The second-order valence-electron chi connectivity index (χ2n) is 5.08. The molecule has 1 saturated heterocycles. The van der Waals surface area contributed by atoms with Gasteiger partial charge in [0.15, 0.2) is 0 Å². The number of rotatable bonds is 5. The normalized spacial score (nSPS) is 19.7. The van der Waals surface area contributed by atoms with Crippen LogP contribution in [-0.4, -0.2) is 48.4 Å². The maximum atomic E-state index is 12.2. The van der Waals surface area contributed by atoms with Crippen molar-refractivity contribution in [2.45, 2.75) is 52.1 Å². The van der Waals surface area contributed by atoms with Crippen LogP contribution in [0.1, 0.15) is 40.0 Å². The number of amides is 2. The van der Waals surface area contributed by atoms with Crippen molar-refractivity contribution in [3.63, 3.8) is 0 Å². The number of nitrogens with zero attached hydrogens (tertiary/aromatic N) is 1. The van der Waals surface area contributed by atoms with E-state index in [0.717, 1.165) is 25.8 Å². The number of likely N-dealkylation sites (N-methyl/N-ethyl adjacent to an activating group) is 1. The first-order valence-corrected chi connectivity index (χ1v) is 6.86. The maximum Gasteiger partial charge on any atom is 0.240 e. The van der Waals surface area contributed by atoms with Crippen molar-refractivity contribution in [2.24, 2.45) is 0 Å². The topological polar surface area (TPSA) is 61.4 Å². The van der Waals surface area contributed by atoms with E-state index in [-0.39, 0.29) is 30.4 Å². The summed E-state index contributed by atoms with van der Waals surface area (Å²) in [5, 5.41) is 6.04. The minimum Gasteiger partial charge on any atom is -0.352 e. The van der Waals surface area contributed by atoms with Gasteiger partial charge in [0, 0.05) is 12.6 Å². The lowest BCUT2D eigenvalue weighted by Gasteiger charge is -2.29. The maximum absolute atomic E-state index is 12.2. The summed E-state index contributed by atoms with van der Waals surface area (Å²) in [6.45, 7) is 7.36. The molecule has 0 saturated carbocycles. The SMILES string of the molecule is CCN(CC(=O)NC(C)C)C(=O)[C@@H]1CCCCN1. The Kier molecular flexibility index (Phi) is 6.12. The van der Waals surface area contributed by atoms with E-state index in [1.54, 1.807) is 4.90 Å². The number of hydrogen-bond acceptors (Lipinski definition) is 3. The average molecular weight is 255 g/mol. The van der Waals surface area contributed by atoms with Gasteiger partial charge in [-0.25, -0.2) is 0 Å². The Morgan fingerprint density at radius 1 is 1.39 bits per heavy atom. The van der Waals surface area contributed by atoms with Crippen LogP contribution in [0.3, 0.4) is 0 Å². The van der Waals surface area contributed by atoms with E-state index >= 15 is 0 Å². The van der Waals surface area contributed by atoms with Gasteiger partial charge in [0.2, 0.25) is 11.8 Å². The molecule has 104 valence electrons. The molecule has 0 aromatic carbocycles. The highest BCUT2D eigenvalue weighted by Crippen LogP contribution is 2.09. The monoisotopic (exact) mass is 255 g/mol. The third kappa shape index (κ3) is 4.64. The lowest BCUT2D eigenvalue weighted by molar-refractivity contribution is -0.138. The van der Waals surface area contributed by atoms with E-state index in [1.807, 2.05) is 20.8 Å². The summed E-state index contributed by atoms with van der Waals surface area (Å²) in [5.41, 5.74) is 0. The van der Waals surface area contributed by atoms with E-state index in [4.69, 9.17) is 0 Å². The number of carbonyl (C=O) groups is 2. The van der Waals surface area contributed by atoms with Crippen molar-refractivity contribution >= 4 is 11.8 Å². The summed E-state index contributed by atoms with van der Waals surface area (Å²) >= 11 is 0. The van der Waals surface area contributed by atoms with Crippen molar-refractivity contribution in [3.05, 3.63) is 0 Å². The molecule has 1 aliphatic rings.